The summed E-state index contributed by atoms with van der Waals surface area (Å²) < 4.78 is 4.82. The molecular weight excluding hydrogens is 230 g/mol. The zero-order valence-electron chi connectivity index (χ0n) is 8.66. The van der Waals surface area contributed by atoms with Crippen molar-refractivity contribution >= 4 is 17.6 Å². The Balaban J connectivity index is 3.31. The van der Waals surface area contributed by atoms with Crippen molar-refractivity contribution in [3.05, 3.63) is 28.8 Å². The highest BCUT2D eigenvalue weighted by molar-refractivity contribution is 6.18. The maximum Gasteiger partial charge on any atom is 0.338 e. The molecule has 0 saturated heterocycles. The summed E-state index contributed by atoms with van der Waals surface area (Å²) in [7, 11) is 0. The zero-order valence-corrected chi connectivity index (χ0v) is 9.41. The Labute approximate surface area is 98.0 Å². The SMILES string of the molecule is CCOC(=O)c1ccc(O)c(C#N)c1CCl. The number of aromatic hydroxyl groups is 1. The molecule has 0 bridgehead atoms. The number of halogens is 1. The molecule has 5 heteroatoms. The predicted molar refractivity (Wildman–Crippen MR) is 58.3 cm³/mol. The van der Waals surface area contributed by atoms with Crippen LogP contribution < -0.4 is 0 Å². The summed E-state index contributed by atoms with van der Waals surface area (Å²) in [5.41, 5.74) is 0.523. The number of carbonyl (C=O) groups excluding carboxylic acids is 1. The van der Waals surface area contributed by atoms with Gasteiger partial charge in [0.25, 0.3) is 0 Å². The van der Waals surface area contributed by atoms with E-state index in [2.05, 4.69) is 0 Å². The van der Waals surface area contributed by atoms with Gasteiger partial charge in [-0.15, -0.1) is 11.6 Å². The van der Waals surface area contributed by atoms with E-state index in [1.165, 1.54) is 12.1 Å². The molecule has 0 aliphatic carbocycles. The molecular formula is C11H10ClNO3. The van der Waals surface area contributed by atoms with Crippen LogP contribution in [0.2, 0.25) is 0 Å². The number of esters is 1. The van der Waals surface area contributed by atoms with Gasteiger partial charge in [0.1, 0.15) is 11.8 Å². The maximum atomic E-state index is 11.5. The number of ether oxygens (including phenoxy) is 1. The molecule has 0 aliphatic rings. The van der Waals surface area contributed by atoms with Gasteiger partial charge in [-0.2, -0.15) is 5.26 Å². The van der Waals surface area contributed by atoms with Crippen molar-refractivity contribution in [2.75, 3.05) is 6.61 Å². The van der Waals surface area contributed by atoms with Crippen LogP contribution in [0.4, 0.5) is 0 Å². The van der Waals surface area contributed by atoms with Crippen molar-refractivity contribution in [3.8, 4) is 11.8 Å². The van der Waals surface area contributed by atoms with E-state index in [0.717, 1.165) is 0 Å². The highest BCUT2D eigenvalue weighted by Crippen LogP contribution is 2.25. The minimum Gasteiger partial charge on any atom is -0.507 e. The zero-order chi connectivity index (χ0) is 12.1. The lowest BCUT2D eigenvalue weighted by Gasteiger charge is -2.09. The molecule has 0 amide bonds. The van der Waals surface area contributed by atoms with Crippen LogP contribution in [0, 0.1) is 11.3 Å². The summed E-state index contributed by atoms with van der Waals surface area (Å²) in [5, 5.41) is 18.3. The molecule has 0 heterocycles. The summed E-state index contributed by atoms with van der Waals surface area (Å²) in [6.07, 6.45) is 0. The second-order valence-corrected chi connectivity index (χ2v) is 3.22. The van der Waals surface area contributed by atoms with Crippen LogP contribution in [0.1, 0.15) is 28.4 Å². The van der Waals surface area contributed by atoms with Crippen LogP contribution >= 0.6 is 11.6 Å². The van der Waals surface area contributed by atoms with Gasteiger partial charge in [0.15, 0.2) is 0 Å². The van der Waals surface area contributed by atoms with E-state index in [0.29, 0.717) is 5.56 Å². The van der Waals surface area contributed by atoms with Crippen molar-refractivity contribution in [3.63, 3.8) is 0 Å². The third-order valence-electron chi connectivity index (χ3n) is 2.03. The van der Waals surface area contributed by atoms with Gasteiger partial charge in [0.05, 0.1) is 17.7 Å². The molecule has 1 rings (SSSR count). The lowest BCUT2D eigenvalue weighted by Crippen LogP contribution is -2.08. The first-order valence-electron chi connectivity index (χ1n) is 4.63. The molecule has 4 nitrogen and oxygen atoms in total. The number of hydrogen-bond acceptors (Lipinski definition) is 4. The molecule has 0 aromatic heterocycles. The fraction of sp³-hybridized carbons (Fsp3) is 0.273. The lowest BCUT2D eigenvalue weighted by atomic mass is 10.0. The van der Waals surface area contributed by atoms with Gasteiger partial charge < -0.3 is 9.84 Å². The topological polar surface area (TPSA) is 70.3 Å². The number of benzene rings is 1. The smallest absolute Gasteiger partial charge is 0.338 e. The molecule has 16 heavy (non-hydrogen) atoms. The van der Waals surface area contributed by atoms with Crippen molar-refractivity contribution in [1.29, 1.82) is 5.26 Å². The Hall–Kier alpha value is -1.73. The Morgan fingerprint density at radius 1 is 1.62 bits per heavy atom. The molecule has 1 N–H and O–H groups in total. The van der Waals surface area contributed by atoms with Crippen LogP contribution in [-0.2, 0) is 10.6 Å². The highest BCUT2D eigenvalue weighted by atomic mass is 35.5. The van der Waals surface area contributed by atoms with E-state index in [1.807, 2.05) is 6.07 Å². The van der Waals surface area contributed by atoms with Crippen LogP contribution in [0.15, 0.2) is 12.1 Å². The average molecular weight is 240 g/mol. The number of carbonyl (C=O) groups is 1. The molecule has 0 radical (unpaired) electrons. The van der Waals surface area contributed by atoms with E-state index < -0.39 is 5.97 Å². The summed E-state index contributed by atoms with van der Waals surface area (Å²) in [5.74, 6) is -0.772. The first-order chi connectivity index (χ1) is 7.65. The van der Waals surface area contributed by atoms with Crippen LogP contribution in [0.5, 0.6) is 5.75 Å². The van der Waals surface area contributed by atoms with Crippen LogP contribution in [0.25, 0.3) is 0 Å². The molecule has 0 unspecified atom stereocenters. The standard InChI is InChI=1S/C11H10ClNO3/c1-2-16-11(15)7-3-4-10(14)9(6-13)8(7)5-12/h3-4,14H,2,5H2,1H3. The molecule has 0 aliphatic heterocycles. The third-order valence-corrected chi connectivity index (χ3v) is 2.30. The molecule has 0 atom stereocenters. The number of phenolic OH excluding ortho intramolecular Hbond substituents is 1. The molecule has 1 aromatic carbocycles. The summed E-state index contributed by atoms with van der Waals surface area (Å²) in [6.45, 7) is 1.92. The first kappa shape index (κ1) is 12.3. The Morgan fingerprint density at radius 2 is 2.31 bits per heavy atom. The van der Waals surface area contributed by atoms with Crippen molar-refractivity contribution in [2.45, 2.75) is 12.8 Å². The van der Waals surface area contributed by atoms with E-state index in [4.69, 9.17) is 21.6 Å². The second kappa shape index (κ2) is 5.38. The molecule has 0 saturated carbocycles. The molecule has 1 aromatic rings. The Kier molecular flexibility index (Phi) is 4.15. The van der Waals surface area contributed by atoms with Gasteiger partial charge in [0.2, 0.25) is 0 Å². The number of nitrogens with zero attached hydrogens (tertiary/aromatic N) is 1. The number of nitriles is 1. The van der Waals surface area contributed by atoms with Crippen molar-refractivity contribution < 1.29 is 14.6 Å². The first-order valence-corrected chi connectivity index (χ1v) is 5.17. The van der Waals surface area contributed by atoms with Gasteiger partial charge in [-0.3, -0.25) is 0 Å². The summed E-state index contributed by atoms with van der Waals surface area (Å²) in [4.78, 5) is 11.5. The van der Waals surface area contributed by atoms with Gasteiger partial charge in [0, 0.05) is 11.4 Å². The lowest BCUT2D eigenvalue weighted by molar-refractivity contribution is 0.0525. The fourth-order valence-electron chi connectivity index (χ4n) is 1.30. The molecule has 84 valence electrons. The number of alkyl halides is 1. The van der Waals surface area contributed by atoms with E-state index >= 15 is 0 Å². The highest BCUT2D eigenvalue weighted by Gasteiger charge is 2.17. The molecule has 0 fully saturated rings. The van der Waals surface area contributed by atoms with Gasteiger partial charge in [-0.05, 0) is 19.1 Å². The van der Waals surface area contributed by atoms with Crippen molar-refractivity contribution in [2.24, 2.45) is 0 Å². The number of rotatable bonds is 3. The quantitative estimate of drug-likeness (QED) is 0.648. The van der Waals surface area contributed by atoms with Crippen LogP contribution in [0.3, 0.4) is 0 Å². The minimum absolute atomic E-state index is 0.0144. The third kappa shape index (κ3) is 2.26. The van der Waals surface area contributed by atoms with Gasteiger partial charge in [-0.25, -0.2) is 4.79 Å². The second-order valence-electron chi connectivity index (χ2n) is 2.95. The predicted octanol–water partition coefficient (Wildman–Crippen LogP) is 2.18. The number of hydrogen-bond donors (Lipinski definition) is 1. The fourth-order valence-corrected chi connectivity index (χ4v) is 1.58. The monoisotopic (exact) mass is 239 g/mol. The largest absolute Gasteiger partial charge is 0.507 e. The number of phenols is 1. The van der Waals surface area contributed by atoms with E-state index in [1.54, 1.807) is 6.92 Å². The van der Waals surface area contributed by atoms with Gasteiger partial charge in [-0.1, -0.05) is 0 Å². The average Bonchev–Trinajstić information content (AvgIpc) is 2.28. The van der Waals surface area contributed by atoms with Crippen LogP contribution in [-0.4, -0.2) is 17.7 Å². The van der Waals surface area contributed by atoms with Crippen molar-refractivity contribution in [1.82, 2.24) is 0 Å². The Bertz CT molecular complexity index is 451. The summed E-state index contributed by atoms with van der Waals surface area (Å²) >= 11 is 5.66. The van der Waals surface area contributed by atoms with Gasteiger partial charge >= 0.3 is 5.97 Å². The minimum atomic E-state index is -0.547. The van der Waals surface area contributed by atoms with E-state index in [9.17, 15) is 9.90 Å². The molecule has 0 spiro atoms. The Morgan fingerprint density at radius 3 is 2.81 bits per heavy atom. The maximum absolute atomic E-state index is 11.5. The van der Waals surface area contributed by atoms with E-state index in [-0.39, 0.29) is 29.4 Å². The normalized spacial score (nSPS) is 9.56. The summed E-state index contributed by atoms with van der Waals surface area (Å²) in [6, 6.07) is 4.48.